The van der Waals surface area contributed by atoms with Crippen molar-refractivity contribution in [3.8, 4) is 11.5 Å². The molecule has 0 aliphatic carbocycles. The topological polar surface area (TPSA) is 50.8 Å². The summed E-state index contributed by atoms with van der Waals surface area (Å²) in [5.74, 6) is 1.32. The van der Waals surface area contributed by atoms with E-state index in [2.05, 4.69) is 5.32 Å². The predicted octanol–water partition coefficient (Wildman–Crippen LogP) is 4.84. The van der Waals surface area contributed by atoms with Crippen LogP contribution >= 0.6 is 12.2 Å². The number of ether oxygens (including phenoxy) is 2. The second-order valence-electron chi connectivity index (χ2n) is 7.09. The molecule has 1 saturated heterocycles. The van der Waals surface area contributed by atoms with Crippen LogP contribution in [0.5, 0.6) is 11.5 Å². The van der Waals surface area contributed by atoms with Crippen LogP contribution in [0.15, 0.2) is 78.5 Å². The van der Waals surface area contributed by atoms with Gasteiger partial charge in [0, 0.05) is 5.56 Å². The fourth-order valence-corrected chi connectivity index (χ4v) is 3.70. The first-order valence-corrected chi connectivity index (χ1v) is 10.2. The van der Waals surface area contributed by atoms with Crippen LogP contribution in [0.3, 0.4) is 0 Å². The summed E-state index contributed by atoms with van der Waals surface area (Å²) >= 11 is 5.43. The van der Waals surface area contributed by atoms with Gasteiger partial charge in [0.05, 0.1) is 12.8 Å². The lowest BCUT2D eigenvalue weighted by atomic mass is 10.1. The third-order valence-electron chi connectivity index (χ3n) is 4.99. The maximum absolute atomic E-state index is 13.0. The zero-order valence-electron chi connectivity index (χ0n) is 17.3. The van der Waals surface area contributed by atoms with Gasteiger partial charge in [0.25, 0.3) is 5.91 Å². The van der Waals surface area contributed by atoms with Crippen LogP contribution in [0.25, 0.3) is 6.08 Å². The van der Waals surface area contributed by atoms with Crippen LogP contribution in [0, 0.1) is 6.92 Å². The fourth-order valence-electron chi connectivity index (χ4n) is 3.41. The average molecular weight is 431 g/mol. The first-order valence-electron chi connectivity index (χ1n) is 9.84. The number of aryl methyl sites for hydroxylation is 1. The van der Waals surface area contributed by atoms with Crippen molar-refractivity contribution in [1.82, 2.24) is 5.32 Å². The first kappa shape index (κ1) is 20.6. The number of carbonyl (C=O) groups is 1. The quantitative estimate of drug-likeness (QED) is 0.448. The van der Waals surface area contributed by atoms with Gasteiger partial charge in [-0.15, -0.1) is 0 Å². The summed E-state index contributed by atoms with van der Waals surface area (Å²) in [6.45, 7) is 2.30. The maximum Gasteiger partial charge on any atom is 0.281 e. The van der Waals surface area contributed by atoms with Crippen molar-refractivity contribution in [1.29, 1.82) is 0 Å². The number of benzene rings is 3. The standard InChI is InChI=1S/C25H22N2O3S/c1-17-8-6-7-11-22(17)27-24(28)21(26-25(27)31)15-18-12-13-23(29-2)19(14-18)16-30-20-9-4-3-5-10-20/h3-15H,16H2,1-2H3,(H,26,31)/b21-15+. The van der Waals surface area contributed by atoms with E-state index >= 15 is 0 Å². The normalized spacial score (nSPS) is 14.6. The molecule has 0 atom stereocenters. The zero-order chi connectivity index (χ0) is 21.8. The lowest BCUT2D eigenvalue weighted by molar-refractivity contribution is -0.113. The number of thiocarbonyl (C=S) groups is 1. The molecule has 1 amide bonds. The summed E-state index contributed by atoms with van der Waals surface area (Å²) < 4.78 is 11.3. The second kappa shape index (κ2) is 9.02. The van der Waals surface area contributed by atoms with E-state index in [1.165, 1.54) is 4.90 Å². The lowest BCUT2D eigenvalue weighted by Crippen LogP contribution is -2.30. The summed E-state index contributed by atoms with van der Waals surface area (Å²) in [5, 5.41) is 3.41. The molecule has 4 rings (SSSR count). The summed E-state index contributed by atoms with van der Waals surface area (Å²) in [6.07, 6.45) is 1.79. The van der Waals surface area contributed by atoms with Gasteiger partial charge in [0.1, 0.15) is 23.8 Å². The van der Waals surface area contributed by atoms with Crippen LogP contribution in [0.1, 0.15) is 16.7 Å². The summed E-state index contributed by atoms with van der Waals surface area (Å²) in [5.41, 5.74) is 3.90. The molecule has 1 aliphatic heterocycles. The number of nitrogens with zero attached hydrogens (tertiary/aromatic N) is 1. The van der Waals surface area contributed by atoms with E-state index in [1.54, 1.807) is 13.2 Å². The van der Waals surface area contributed by atoms with Crippen molar-refractivity contribution < 1.29 is 14.3 Å². The summed E-state index contributed by atoms with van der Waals surface area (Å²) in [4.78, 5) is 14.6. The molecule has 0 bridgehead atoms. The molecule has 1 heterocycles. The molecule has 0 radical (unpaired) electrons. The highest BCUT2D eigenvalue weighted by Crippen LogP contribution is 2.27. The minimum Gasteiger partial charge on any atom is -0.496 e. The third-order valence-corrected chi connectivity index (χ3v) is 5.27. The van der Waals surface area contributed by atoms with Crippen LogP contribution in [0.4, 0.5) is 5.69 Å². The molecule has 6 heteroatoms. The smallest absolute Gasteiger partial charge is 0.281 e. The molecule has 1 N–H and O–H groups in total. The van der Waals surface area contributed by atoms with Gasteiger partial charge in [0.2, 0.25) is 0 Å². The minimum absolute atomic E-state index is 0.183. The van der Waals surface area contributed by atoms with Crippen molar-refractivity contribution in [2.45, 2.75) is 13.5 Å². The number of nitrogens with one attached hydrogen (secondary N) is 1. The SMILES string of the molecule is COc1ccc(/C=C2/NC(=S)N(c3ccccc3C)C2=O)cc1COc1ccccc1. The monoisotopic (exact) mass is 430 g/mol. The highest BCUT2D eigenvalue weighted by atomic mass is 32.1. The predicted molar refractivity (Wildman–Crippen MR) is 126 cm³/mol. The van der Waals surface area contributed by atoms with Gasteiger partial charge in [-0.2, -0.15) is 0 Å². The Morgan fingerprint density at radius 1 is 1.03 bits per heavy atom. The molecule has 0 unspecified atom stereocenters. The van der Waals surface area contributed by atoms with Crippen LogP contribution in [0.2, 0.25) is 0 Å². The molecule has 1 aliphatic rings. The molecule has 3 aromatic carbocycles. The molecule has 31 heavy (non-hydrogen) atoms. The van der Waals surface area contributed by atoms with Crippen LogP contribution < -0.4 is 19.7 Å². The lowest BCUT2D eigenvalue weighted by Gasteiger charge is -2.16. The Labute approximate surface area is 186 Å². The number of rotatable bonds is 6. The number of hydrogen-bond acceptors (Lipinski definition) is 4. The number of hydrogen-bond donors (Lipinski definition) is 1. The minimum atomic E-state index is -0.183. The van der Waals surface area contributed by atoms with Crippen molar-refractivity contribution in [2.75, 3.05) is 12.0 Å². The molecule has 0 spiro atoms. The molecular weight excluding hydrogens is 408 g/mol. The van der Waals surface area contributed by atoms with Crippen LogP contribution in [-0.2, 0) is 11.4 Å². The summed E-state index contributed by atoms with van der Waals surface area (Å²) in [6, 6.07) is 23.0. The van der Waals surface area contributed by atoms with E-state index in [4.69, 9.17) is 21.7 Å². The number of methoxy groups -OCH3 is 1. The Kier molecular flexibility index (Phi) is 6.00. The van der Waals surface area contributed by atoms with Gasteiger partial charge in [0.15, 0.2) is 5.11 Å². The fraction of sp³-hybridized carbons (Fsp3) is 0.120. The Bertz CT molecular complexity index is 1160. The molecule has 156 valence electrons. The number of anilines is 1. The Hall–Kier alpha value is -3.64. The van der Waals surface area contributed by atoms with Crippen molar-refractivity contribution >= 4 is 35.0 Å². The molecular formula is C25H22N2O3S. The highest BCUT2D eigenvalue weighted by Gasteiger charge is 2.32. The van der Waals surface area contributed by atoms with E-state index < -0.39 is 0 Å². The molecule has 0 aromatic heterocycles. The Morgan fingerprint density at radius 2 is 1.77 bits per heavy atom. The van der Waals surface area contributed by atoms with Gasteiger partial charge < -0.3 is 14.8 Å². The zero-order valence-corrected chi connectivity index (χ0v) is 18.1. The largest absolute Gasteiger partial charge is 0.496 e. The van der Waals surface area contributed by atoms with Crippen molar-refractivity contribution in [3.05, 3.63) is 95.2 Å². The molecule has 1 fully saturated rings. The van der Waals surface area contributed by atoms with E-state index in [-0.39, 0.29) is 5.91 Å². The van der Waals surface area contributed by atoms with E-state index in [1.807, 2.05) is 79.7 Å². The molecule has 3 aromatic rings. The van der Waals surface area contributed by atoms with Crippen LogP contribution in [-0.4, -0.2) is 18.1 Å². The Morgan fingerprint density at radius 3 is 2.52 bits per heavy atom. The van der Waals surface area contributed by atoms with E-state index in [0.717, 1.165) is 33.9 Å². The van der Waals surface area contributed by atoms with Gasteiger partial charge in [-0.1, -0.05) is 42.5 Å². The first-order chi connectivity index (χ1) is 15.1. The Balaban J connectivity index is 1.59. The van der Waals surface area contributed by atoms with E-state index in [0.29, 0.717) is 17.4 Å². The number of carbonyl (C=O) groups excluding carboxylic acids is 1. The number of amides is 1. The molecule has 0 saturated carbocycles. The molecule has 5 nitrogen and oxygen atoms in total. The maximum atomic E-state index is 13.0. The number of para-hydroxylation sites is 2. The highest BCUT2D eigenvalue weighted by molar-refractivity contribution is 7.80. The van der Waals surface area contributed by atoms with Gasteiger partial charge in [-0.05, 0) is 66.7 Å². The summed E-state index contributed by atoms with van der Waals surface area (Å²) in [7, 11) is 1.63. The van der Waals surface area contributed by atoms with Gasteiger partial charge in [-0.3, -0.25) is 9.69 Å². The van der Waals surface area contributed by atoms with Crippen molar-refractivity contribution in [3.63, 3.8) is 0 Å². The van der Waals surface area contributed by atoms with Crippen molar-refractivity contribution in [2.24, 2.45) is 0 Å². The second-order valence-corrected chi connectivity index (χ2v) is 7.47. The van der Waals surface area contributed by atoms with Gasteiger partial charge >= 0.3 is 0 Å². The average Bonchev–Trinajstić information content (AvgIpc) is 3.06. The van der Waals surface area contributed by atoms with E-state index in [9.17, 15) is 4.79 Å². The third kappa shape index (κ3) is 4.44. The van der Waals surface area contributed by atoms with Gasteiger partial charge in [-0.25, -0.2) is 0 Å².